The average molecular weight is 361 g/mol. The highest BCUT2D eigenvalue weighted by molar-refractivity contribution is 5.98. The van der Waals surface area contributed by atoms with Crippen molar-refractivity contribution in [1.29, 1.82) is 0 Å². The van der Waals surface area contributed by atoms with Crippen LogP contribution in [0.4, 0.5) is 4.79 Å². The molecular formula is C19H27N3O4. The first-order valence-electron chi connectivity index (χ1n) is 9.29. The van der Waals surface area contributed by atoms with E-state index in [9.17, 15) is 9.59 Å². The molecule has 1 N–H and O–H groups in total. The monoisotopic (exact) mass is 361 g/mol. The number of imide groups is 1. The molecule has 3 rings (SSSR count). The van der Waals surface area contributed by atoms with Crippen LogP contribution in [0.5, 0.6) is 11.5 Å². The molecule has 142 valence electrons. The van der Waals surface area contributed by atoms with Gasteiger partial charge in [0.05, 0.1) is 19.3 Å². The number of carbonyl (C=O) groups is 2. The number of nitrogens with zero attached hydrogens (tertiary/aromatic N) is 2. The molecule has 0 aromatic heterocycles. The molecule has 0 radical (unpaired) electrons. The van der Waals surface area contributed by atoms with Crippen LogP contribution in [0, 0.1) is 0 Å². The molecule has 3 amide bonds. The van der Waals surface area contributed by atoms with E-state index in [2.05, 4.69) is 16.3 Å². The molecule has 1 aromatic carbocycles. The lowest BCUT2D eigenvalue weighted by Crippen LogP contribution is -2.49. The Balaban J connectivity index is 1.76. The van der Waals surface area contributed by atoms with Gasteiger partial charge in [-0.15, -0.1) is 0 Å². The van der Waals surface area contributed by atoms with Crippen LogP contribution in [-0.4, -0.2) is 60.6 Å². The van der Waals surface area contributed by atoms with Crippen molar-refractivity contribution >= 4 is 11.9 Å². The Labute approximate surface area is 154 Å². The van der Waals surface area contributed by atoms with Gasteiger partial charge in [-0.1, -0.05) is 0 Å². The minimum Gasteiger partial charge on any atom is -0.490 e. The van der Waals surface area contributed by atoms with Crippen molar-refractivity contribution in [3.8, 4) is 11.5 Å². The van der Waals surface area contributed by atoms with Crippen LogP contribution in [0.1, 0.15) is 31.9 Å². The van der Waals surface area contributed by atoms with Gasteiger partial charge >= 0.3 is 6.03 Å². The van der Waals surface area contributed by atoms with E-state index in [0.29, 0.717) is 32.8 Å². The molecular weight excluding hydrogens is 334 g/mol. The standard InChI is InChI=1S/C19H27N3O4/c1-4-25-16-10-14-6-8-21(12-15(14)11-17(16)26-5-2)13(3)18(23)22-9-7-20-19(22)24/h10-11,13H,4-9,12H2,1-3H3,(H,20,24)/t13-/m0/s1. The van der Waals surface area contributed by atoms with Crippen LogP contribution >= 0.6 is 0 Å². The highest BCUT2D eigenvalue weighted by Crippen LogP contribution is 2.34. The Morgan fingerprint density at radius 1 is 1.15 bits per heavy atom. The van der Waals surface area contributed by atoms with E-state index in [0.717, 1.165) is 30.0 Å². The predicted octanol–water partition coefficient (Wildman–Crippen LogP) is 1.78. The van der Waals surface area contributed by atoms with Crippen LogP contribution in [0.25, 0.3) is 0 Å². The maximum absolute atomic E-state index is 12.7. The zero-order valence-corrected chi connectivity index (χ0v) is 15.7. The third-order valence-electron chi connectivity index (χ3n) is 4.94. The summed E-state index contributed by atoms with van der Waals surface area (Å²) >= 11 is 0. The summed E-state index contributed by atoms with van der Waals surface area (Å²) in [6, 6.07) is 3.45. The SMILES string of the molecule is CCOc1cc2c(cc1OCC)CN([C@@H](C)C(=O)N1CCNC1=O)CC2. The summed E-state index contributed by atoms with van der Waals surface area (Å²) in [5, 5.41) is 2.68. The fourth-order valence-corrected chi connectivity index (χ4v) is 3.52. The molecule has 2 heterocycles. The molecule has 0 unspecified atom stereocenters. The van der Waals surface area contributed by atoms with Gasteiger partial charge in [-0.05, 0) is 50.5 Å². The van der Waals surface area contributed by atoms with Crippen molar-refractivity contribution in [3.63, 3.8) is 0 Å². The maximum atomic E-state index is 12.7. The molecule has 0 bridgehead atoms. The summed E-state index contributed by atoms with van der Waals surface area (Å²) in [4.78, 5) is 27.8. The molecule has 0 saturated carbocycles. The van der Waals surface area contributed by atoms with E-state index in [1.165, 1.54) is 10.5 Å². The van der Waals surface area contributed by atoms with Gasteiger partial charge in [-0.25, -0.2) is 4.79 Å². The summed E-state index contributed by atoms with van der Waals surface area (Å²) < 4.78 is 11.4. The molecule has 2 aliphatic heterocycles. The molecule has 1 aromatic rings. The molecule has 1 saturated heterocycles. The average Bonchev–Trinajstić information content (AvgIpc) is 3.07. The quantitative estimate of drug-likeness (QED) is 0.836. The largest absolute Gasteiger partial charge is 0.490 e. The topological polar surface area (TPSA) is 71.1 Å². The Morgan fingerprint density at radius 2 is 1.81 bits per heavy atom. The van der Waals surface area contributed by atoms with Crippen LogP contribution in [0.3, 0.4) is 0 Å². The van der Waals surface area contributed by atoms with E-state index in [1.54, 1.807) is 0 Å². The lowest BCUT2D eigenvalue weighted by Gasteiger charge is -2.34. The van der Waals surface area contributed by atoms with Crippen molar-refractivity contribution in [1.82, 2.24) is 15.1 Å². The number of fused-ring (bicyclic) bond motifs is 1. The minimum atomic E-state index is -0.339. The van der Waals surface area contributed by atoms with Crippen LogP contribution < -0.4 is 14.8 Å². The number of hydrogen-bond acceptors (Lipinski definition) is 5. The number of hydrogen-bond donors (Lipinski definition) is 1. The first-order chi connectivity index (χ1) is 12.5. The Morgan fingerprint density at radius 3 is 2.38 bits per heavy atom. The van der Waals surface area contributed by atoms with Crippen LogP contribution in [0.15, 0.2) is 12.1 Å². The van der Waals surface area contributed by atoms with E-state index in [-0.39, 0.29) is 18.0 Å². The van der Waals surface area contributed by atoms with Crippen LogP contribution in [0.2, 0.25) is 0 Å². The number of amides is 3. The van der Waals surface area contributed by atoms with Crippen molar-refractivity contribution < 1.29 is 19.1 Å². The number of carbonyl (C=O) groups excluding carboxylic acids is 2. The van der Waals surface area contributed by atoms with Gasteiger partial charge in [-0.3, -0.25) is 14.6 Å². The zero-order valence-electron chi connectivity index (χ0n) is 15.7. The number of benzene rings is 1. The smallest absolute Gasteiger partial charge is 0.324 e. The lowest BCUT2D eigenvalue weighted by atomic mass is 9.97. The second-order valence-corrected chi connectivity index (χ2v) is 6.55. The zero-order chi connectivity index (χ0) is 18.7. The molecule has 7 nitrogen and oxygen atoms in total. The number of urea groups is 1. The fraction of sp³-hybridized carbons (Fsp3) is 0.579. The summed E-state index contributed by atoms with van der Waals surface area (Å²) in [6.07, 6.45) is 0.839. The fourth-order valence-electron chi connectivity index (χ4n) is 3.52. The number of ether oxygens (including phenoxy) is 2. The first kappa shape index (κ1) is 18.5. The molecule has 26 heavy (non-hydrogen) atoms. The van der Waals surface area contributed by atoms with Gasteiger partial charge in [-0.2, -0.15) is 0 Å². The minimum absolute atomic E-state index is 0.139. The molecule has 0 spiro atoms. The van der Waals surface area contributed by atoms with Gasteiger partial charge in [0.1, 0.15) is 0 Å². The summed E-state index contributed by atoms with van der Waals surface area (Å²) in [5.41, 5.74) is 2.38. The van der Waals surface area contributed by atoms with Crippen molar-refractivity contribution in [2.45, 2.75) is 39.8 Å². The van der Waals surface area contributed by atoms with Gasteiger partial charge in [0.25, 0.3) is 0 Å². The Hall–Kier alpha value is -2.28. The van der Waals surface area contributed by atoms with Crippen molar-refractivity contribution in [2.24, 2.45) is 0 Å². The van der Waals surface area contributed by atoms with Gasteiger partial charge in [0.15, 0.2) is 11.5 Å². The highest BCUT2D eigenvalue weighted by atomic mass is 16.5. The summed E-state index contributed by atoms with van der Waals surface area (Å²) in [7, 11) is 0. The van der Waals surface area contributed by atoms with Crippen LogP contribution in [-0.2, 0) is 17.8 Å². The highest BCUT2D eigenvalue weighted by Gasteiger charge is 2.34. The molecule has 0 aliphatic carbocycles. The lowest BCUT2D eigenvalue weighted by molar-refractivity contribution is -0.133. The summed E-state index contributed by atoms with van der Waals surface area (Å²) in [5.74, 6) is 1.38. The third-order valence-corrected chi connectivity index (χ3v) is 4.94. The maximum Gasteiger partial charge on any atom is 0.324 e. The number of rotatable bonds is 6. The normalized spacial score (nSPS) is 18.3. The Bertz CT molecular complexity index is 692. The van der Waals surface area contributed by atoms with Gasteiger partial charge in [0, 0.05) is 26.2 Å². The molecule has 2 aliphatic rings. The van der Waals surface area contributed by atoms with E-state index < -0.39 is 0 Å². The van der Waals surface area contributed by atoms with Gasteiger partial charge < -0.3 is 14.8 Å². The van der Waals surface area contributed by atoms with Gasteiger partial charge in [0.2, 0.25) is 5.91 Å². The van der Waals surface area contributed by atoms with Crippen molar-refractivity contribution in [3.05, 3.63) is 23.3 Å². The van der Waals surface area contributed by atoms with E-state index in [4.69, 9.17) is 9.47 Å². The first-order valence-corrected chi connectivity index (χ1v) is 9.29. The Kier molecular flexibility index (Phi) is 5.66. The van der Waals surface area contributed by atoms with E-state index >= 15 is 0 Å². The third kappa shape index (κ3) is 3.62. The second kappa shape index (κ2) is 7.95. The van der Waals surface area contributed by atoms with E-state index in [1.807, 2.05) is 26.8 Å². The second-order valence-electron chi connectivity index (χ2n) is 6.55. The van der Waals surface area contributed by atoms with Crippen molar-refractivity contribution in [2.75, 3.05) is 32.8 Å². The predicted molar refractivity (Wildman–Crippen MR) is 97.5 cm³/mol. The molecule has 1 atom stereocenters. The molecule has 7 heteroatoms. The summed E-state index contributed by atoms with van der Waals surface area (Å²) in [6.45, 7) is 9.34. The molecule has 1 fully saturated rings. The number of nitrogens with one attached hydrogen (secondary N) is 1.